The molecule has 0 saturated heterocycles. The summed E-state index contributed by atoms with van der Waals surface area (Å²) in [5.41, 5.74) is 1.12. The van der Waals surface area contributed by atoms with Crippen LogP contribution in [0.4, 0.5) is 0 Å². The van der Waals surface area contributed by atoms with Crippen LogP contribution in [-0.2, 0) is 6.42 Å². The van der Waals surface area contributed by atoms with Gasteiger partial charge in [0, 0.05) is 6.04 Å². The van der Waals surface area contributed by atoms with Gasteiger partial charge in [0.25, 0.3) is 0 Å². The van der Waals surface area contributed by atoms with Crippen molar-refractivity contribution >= 4 is 11.8 Å². The fourth-order valence-corrected chi connectivity index (χ4v) is 1.25. The van der Waals surface area contributed by atoms with Gasteiger partial charge in [0.05, 0.1) is 6.10 Å². The third-order valence-electron chi connectivity index (χ3n) is 2.04. The van der Waals surface area contributed by atoms with Crippen molar-refractivity contribution in [3.8, 4) is 0 Å². The molecule has 72 valence electrons. The van der Waals surface area contributed by atoms with Gasteiger partial charge >= 0.3 is 0 Å². The number of benzene rings is 1. The first kappa shape index (κ1) is 10.5. The van der Waals surface area contributed by atoms with Crippen molar-refractivity contribution in [2.45, 2.75) is 25.5 Å². The van der Waals surface area contributed by atoms with Crippen LogP contribution in [0.1, 0.15) is 12.5 Å². The second-order valence-electron chi connectivity index (χ2n) is 3.15. The lowest BCUT2D eigenvalue weighted by Gasteiger charge is -2.16. The molecule has 1 aromatic carbocycles. The van der Waals surface area contributed by atoms with E-state index in [-0.39, 0.29) is 6.04 Å². The molecule has 13 heavy (non-hydrogen) atoms. The Kier molecular flexibility index (Phi) is 4.22. The van der Waals surface area contributed by atoms with Crippen molar-refractivity contribution < 1.29 is 5.11 Å². The molecule has 0 aliphatic heterocycles. The average Bonchev–Trinajstić information content (AvgIpc) is 2.18. The van der Waals surface area contributed by atoms with E-state index in [0.717, 1.165) is 5.56 Å². The third kappa shape index (κ3) is 3.35. The Morgan fingerprint density at radius 3 is 2.54 bits per heavy atom. The molecular weight excluding hydrogens is 186 g/mol. The summed E-state index contributed by atoms with van der Waals surface area (Å²) in [6.07, 6.45) is 0.182. The van der Waals surface area contributed by atoms with Gasteiger partial charge in [-0.25, -0.2) is 4.84 Å². The van der Waals surface area contributed by atoms with Crippen molar-refractivity contribution in [1.82, 2.24) is 4.84 Å². The normalized spacial score (nSPS) is 15.3. The Morgan fingerprint density at radius 1 is 1.38 bits per heavy atom. The lowest BCUT2D eigenvalue weighted by molar-refractivity contribution is 0.145. The van der Waals surface area contributed by atoms with Crippen molar-refractivity contribution in [3.05, 3.63) is 35.9 Å². The molecule has 0 aliphatic rings. The van der Waals surface area contributed by atoms with Crippen LogP contribution in [-0.4, -0.2) is 17.3 Å². The summed E-state index contributed by atoms with van der Waals surface area (Å²) in [5.74, 6) is 0. The van der Waals surface area contributed by atoms with E-state index in [4.69, 9.17) is 11.8 Å². The van der Waals surface area contributed by atoms with Crippen LogP contribution in [0.15, 0.2) is 30.3 Å². The number of halogens is 1. The Hall–Kier alpha value is -0.570. The van der Waals surface area contributed by atoms with Crippen LogP contribution in [0.2, 0.25) is 0 Å². The first-order valence-corrected chi connectivity index (χ1v) is 4.70. The Balaban J connectivity index is 2.50. The molecule has 0 bridgehead atoms. The van der Waals surface area contributed by atoms with Crippen LogP contribution in [0.5, 0.6) is 0 Å². The Bertz CT molecular complexity index is 240. The number of aliphatic hydroxyl groups is 1. The first-order valence-electron chi connectivity index (χ1n) is 4.32. The van der Waals surface area contributed by atoms with Gasteiger partial charge in [-0.05, 0) is 30.7 Å². The number of rotatable bonds is 4. The van der Waals surface area contributed by atoms with E-state index in [1.165, 1.54) is 0 Å². The van der Waals surface area contributed by atoms with Crippen molar-refractivity contribution in [3.63, 3.8) is 0 Å². The fraction of sp³-hybridized carbons (Fsp3) is 0.400. The summed E-state index contributed by atoms with van der Waals surface area (Å²) in [6, 6.07) is 9.76. The quantitative estimate of drug-likeness (QED) is 0.724. The second-order valence-corrected chi connectivity index (χ2v) is 3.37. The third-order valence-corrected chi connectivity index (χ3v) is 2.38. The zero-order valence-corrected chi connectivity index (χ0v) is 8.33. The number of hydrogen-bond donors (Lipinski definition) is 2. The standard InChI is InChI=1S/C10H14ClNO/c1-8(12-11)10(13)7-9-5-3-2-4-6-9/h2-6,8,10,12-13H,7H2,1H3/t8-,10+/m0/s1. The van der Waals surface area contributed by atoms with Crippen LogP contribution in [0.25, 0.3) is 0 Å². The molecular formula is C10H14ClNO. The Labute approximate surface area is 83.7 Å². The lowest BCUT2D eigenvalue weighted by Crippen LogP contribution is -2.33. The largest absolute Gasteiger partial charge is 0.391 e. The predicted octanol–water partition coefficient (Wildman–Crippen LogP) is 1.72. The average molecular weight is 200 g/mol. The van der Waals surface area contributed by atoms with Gasteiger partial charge < -0.3 is 5.11 Å². The van der Waals surface area contributed by atoms with E-state index in [1.807, 2.05) is 37.3 Å². The minimum atomic E-state index is -0.445. The lowest BCUT2D eigenvalue weighted by atomic mass is 10.0. The van der Waals surface area contributed by atoms with Crippen LogP contribution >= 0.6 is 11.8 Å². The highest BCUT2D eigenvalue weighted by Gasteiger charge is 2.12. The predicted molar refractivity (Wildman–Crippen MR) is 54.6 cm³/mol. The fourth-order valence-electron chi connectivity index (χ4n) is 1.11. The maximum Gasteiger partial charge on any atom is 0.0743 e. The molecule has 0 heterocycles. The number of hydrogen-bond acceptors (Lipinski definition) is 2. The van der Waals surface area contributed by atoms with Crippen molar-refractivity contribution in [1.29, 1.82) is 0 Å². The van der Waals surface area contributed by atoms with Gasteiger partial charge in [0.2, 0.25) is 0 Å². The highest BCUT2D eigenvalue weighted by molar-refractivity contribution is 6.13. The van der Waals surface area contributed by atoms with Gasteiger partial charge in [0.15, 0.2) is 0 Å². The summed E-state index contributed by atoms with van der Waals surface area (Å²) >= 11 is 5.40. The van der Waals surface area contributed by atoms with Gasteiger partial charge in [-0.3, -0.25) is 0 Å². The van der Waals surface area contributed by atoms with Crippen LogP contribution < -0.4 is 4.84 Å². The molecule has 0 unspecified atom stereocenters. The van der Waals surface area contributed by atoms with Gasteiger partial charge in [-0.2, -0.15) is 0 Å². The van der Waals surface area contributed by atoms with Gasteiger partial charge in [0.1, 0.15) is 0 Å². The molecule has 2 N–H and O–H groups in total. The van der Waals surface area contributed by atoms with Crippen LogP contribution in [0.3, 0.4) is 0 Å². The molecule has 0 radical (unpaired) electrons. The summed E-state index contributed by atoms with van der Waals surface area (Å²) in [4.78, 5) is 2.51. The highest BCUT2D eigenvalue weighted by atomic mass is 35.5. The van der Waals surface area contributed by atoms with Gasteiger partial charge in [-0.1, -0.05) is 30.3 Å². The summed E-state index contributed by atoms with van der Waals surface area (Å²) < 4.78 is 0. The maximum atomic E-state index is 9.62. The zero-order chi connectivity index (χ0) is 9.68. The van der Waals surface area contributed by atoms with E-state index in [9.17, 15) is 5.11 Å². The molecule has 3 heteroatoms. The first-order chi connectivity index (χ1) is 6.24. The minimum Gasteiger partial charge on any atom is -0.391 e. The molecule has 0 fully saturated rings. The maximum absolute atomic E-state index is 9.62. The molecule has 0 aliphatic carbocycles. The molecule has 2 atom stereocenters. The summed E-state index contributed by atoms with van der Waals surface area (Å²) in [6.45, 7) is 1.85. The molecule has 1 aromatic rings. The smallest absolute Gasteiger partial charge is 0.0743 e. The Morgan fingerprint density at radius 2 is 2.00 bits per heavy atom. The second kappa shape index (κ2) is 5.22. The molecule has 0 aromatic heterocycles. The van der Waals surface area contributed by atoms with E-state index >= 15 is 0 Å². The van der Waals surface area contributed by atoms with Crippen LogP contribution in [0, 0.1) is 0 Å². The van der Waals surface area contributed by atoms with Crippen molar-refractivity contribution in [2.75, 3.05) is 0 Å². The van der Waals surface area contributed by atoms with E-state index in [1.54, 1.807) is 0 Å². The van der Waals surface area contributed by atoms with E-state index in [2.05, 4.69) is 4.84 Å². The molecule has 1 rings (SSSR count). The molecule has 2 nitrogen and oxygen atoms in total. The SMILES string of the molecule is C[C@H](NCl)[C@H](O)Cc1ccccc1. The molecule has 0 saturated carbocycles. The zero-order valence-electron chi connectivity index (χ0n) is 7.57. The number of nitrogens with one attached hydrogen (secondary N) is 1. The summed E-state index contributed by atoms with van der Waals surface area (Å²) in [5, 5.41) is 9.62. The monoisotopic (exact) mass is 199 g/mol. The highest BCUT2D eigenvalue weighted by Crippen LogP contribution is 2.05. The minimum absolute atomic E-state index is 0.0955. The topological polar surface area (TPSA) is 32.3 Å². The van der Waals surface area contributed by atoms with E-state index < -0.39 is 6.10 Å². The van der Waals surface area contributed by atoms with E-state index in [0.29, 0.717) is 6.42 Å². The molecule has 0 amide bonds. The summed E-state index contributed by atoms with van der Waals surface area (Å²) in [7, 11) is 0. The molecule has 0 spiro atoms. The number of aliphatic hydroxyl groups excluding tert-OH is 1. The van der Waals surface area contributed by atoms with Crippen molar-refractivity contribution in [2.24, 2.45) is 0 Å². The van der Waals surface area contributed by atoms with Gasteiger partial charge in [-0.15, -0.1) is 0 Å².